The van der Waals surface area contributed by atoms with Gasteiger partial charge in [0.05, 0.1) is 19.8 Å². The summed E-state index contributed by atoms with van der Waals surface area (Å²) >= 11 is 0. The molecule has 0 unspecified atom stereocenters. The molecule has 27 heavy (non-hydrogen) atoms. The van der Waals surface area contributed by atoms with Gasteiger partial charge in [-0.15, -0.1) is 6.58 Å². The van der Waals surface area contributed by atoms with Crippen molar-refractivity contribution in [2.75, 3.05) is 86.2 Å². The predicted molar refractivity (Wildman–Crippen MR) is 105 cm³/mol. The lowest BCUT2D eigenvalue weighted by Crippen LogP contribution is -2.55. The maximum atomic E-state index is 12.4. The summed E-state index contributed by atoms with van der Waals surface area (Å²) in [4.78, 5) is 36.4. The molecule has 0 aromatic carbocycles. The van der Waals surface area contributed by atoms with Crippen LogP contribution in [-0.4, -0.2) is 124 Å². The van der Waals surface area contributed by atoms with Crippen LogP contribution in [0.5, 0.6) is 0 Å². The second kappa shape index (κ2) is 10.9. The summed E-state index contributed by atoms with van der Waals surface area (Å²) in [6.45, 7) is 10.6. The van der Waals surface area contributed by atoms with Crippen LogP contribution in [0.15, 0.2) is 17.6 Å². The fourth-order valence-corrected chi connectivity index (χ4v) is 2.94. The topological polar surface area (TPSA) is 80.7 Å². The smallest absolute Gasteiger partial charge is 0.243 e. The number of carbonyl (C=O) groups is 2. The number of likely N-dealkylation sites (N-methyl/N-ethyl adjacent to an activating group) is 1. The third kappa shape index (κ3) is 6.84. The van der Waals surface area contributed by atoms with Gasteiger partial charge in [0.1, 0.15) is 6.54 Å². The molecule has 2 saturated heterocycles. The van der Waals surface area contributed by atoms with Crippen molar-refractivity contribution in [3.05, 3.63) is 12.7 Å². The second-order valence-corrected chi connectivity index (χ2v) is 6.85. The zero-order valence-corrected chi connectivity index (χ0v) is 16.5. The fraction of sp³-hybridized carbons (Fsp3) is 0.722. The molecule has 2 heterocycles. The van der Waals surface area contributed by atoms with Gasteiger partial charge in [-0.1, -0.05) is 6.08 Å². The summed E-state index contributed by atoms with van der Waals surface area (Å²) in [6.07, 6.45) is 1.76. The van der Waals surface area contributed by atoms with E-state index in [1.54, 1.807) is 20.2 Å². The van der Waals surface area contributed by atoms with Crippen LogP contribution in [0.4, 0.5) is 0 Å². The summed E-state index contributed by atoms with van der Waals surface area (Å²) in [5.41, 5.74) is 0. The number of carbonyl (C=O) groups excluding carboxylic acids is 2. The highest BCUT2D eigenvalue weighted by Gasteiger charge is 2.24. The molecule has 2 rings (SSSR count). The van der Waals surface area contributed by atoms with E-state index in [2.05, 4.69) is 26.7 Å². The molecule has 0 saturated carbocycles. The number of aliphatic imine (C=N–C) groups is 1. The number of guanidine groups is 1. The first-order chi connectivity index (χ1) is 13.0. The lowest BCUT2D eigenvalue weighted by atomic mass is 10.3. The molecule has 1 N–H and O–H groups in total. The third-order valence-electron chi connectivity index (χ3n) is 4.66. The van der Waals surface area contributed by atoms with Crippen molar-refractivity contribution in [3.8, 4) is 0 Å². The van der Waals surface area contributed by atoms with Crippen LogP contribution < -0.4 is 5.32 Å². The zero-order valence-electron chi connectivity index (χ0n) is 16.5. The Morgan fingerprint density at radius 1 is 1.11 bits per heavy atom. The Balaban J connectivity index is 1.84. The van der Waals surface area contributed by atoms with Crippen molar-refractivity contribution in [1.29, 1.82) is 0 Å². The van der Waals surface area contributed by atoms with Crippen LogP contribution in [0.3, 0.4) is 0 Å². The number of hydrogen-bond acceptors (Lipinski definition) is 5. The lowest BCUT2D eigenvalue weighted by molar-refractivity contribution is -0.136. The van der Waals surface area contributed by atoms with Crippen LogP contribution in [0, 0.1) is 0 Å². The second-order valence-electron chi connectivity index (χ2n) is 6.85. The van der Waals surface area contributed by atoms with Crippen molar-refractivity contribution in [2.24, 2.45) is 4.99 Å². The van der Waals surface area contributed by atoms with E-state index in [4.69, 9.17) is 4.74 Å². The number of ether oxygens (including phenoxy) is 1. The van der Waals surface area contributed by atoms with Gasteiger partial charge in [-0.2, -0.15) is 0 Å². The quantitative estimate of drug-likeness (QED) is 0.350. The molecule has 2 aliphatic heterocycles. The molecule has 0 spiro atoms. The van der Waals surface area contributed by atoms with Crippen molar-refractivity contribution in [2.45, 2.75) is 0 Å². The van der Waals surface area contributed by atoms with E-state index in [9.17, 15) is 9.59 Å². The monoisotopic (exact) mass is 380 g/mol. The van der Waals surface area contributed by atoms with E-state index in [-0.39, 0.29) is 18.4 Å². The van der Waals surface area contributed by atoms with Gasteiger partial charge in [0.25, 0.3) is 0 Å². The summed E-state index contributed by atoms with van der Waals surface area (Å²) < 4.78 is 5.30. The molecule has 2 aliphatic rings. The Hall–Kier alpha value is -2.13. The summed E-state index contributed by atoms with van der Waals surface area (Å²) in [6, 6.07) is 0. The molecule has 2 fully saturated rings. The maximum Gasteiger partial charge on any atom is 0.243 e. The number of nitrogens with zero attached hydrogens (tertiary/aromatic N) is 5. The molecule has 0 radical (unpaired) electrons. The Labute approximate surface area is 161 Å². The van der Waals surface area contributed by atoms with Gasteiger partial charge in [-0.3, -0.25) is 14.5 Å². The standard InChI is InChI=1S/C18H32N6O3/c1-4-5-19-18(20-14-16(25)21(2)3)24-8-6-22(7-9-24)15-17(26)23-10-12-27-13-11-23/h4H,1,5-15H2,2-3H3,(H,19,20). The Kier molecular flexibility index (Phi) is 8.53. The molecular formula is C18H32N6O3. The van der Waals surface area contributed by atoms with Crippen molar-refractivity contribution >= 4 is 17.8 Å². The Bertz CT molecular complexity index is 537. The average molecular weight is 380 g/mol. The zero-order chi connectivity index (χ0) is 19.6. The van der Waals surface area contributed by atoms with Gasteiger partial charge >= 0.3 is 0 Å². The third-order valence-corrected chi connectivity index (χ3v) is 4.66. The van der Waals surface area contributed by atoms with Gasteiger partial charge in [0.15, 0.2) is 5.96 Å². The molecule has 2 amide bonds. The van der Waals surface area contributed by atoms with Gasteiger partial charge in [0.2, 0.25) is 11.8 Å². The first-order valence-electron chi connectivity index (χ1n) is 9.43. The van der Waals surface area contributed by atoms with Crippen LogP contribution in [0.1, 0.15) is 0 Å². The molecule has 9 nitrogen and oxygen atoms in total. The number of hydrogen-bond donors (Lipinski definition) is 1. The van der Waals surface area contributed by atoms with Gasteiger partial charge < -0.3 is 24.8 Å². The van der Waals surface area contributed by atoms with Crippen molar-refractivity contribution < 1.29 is 14.3 Å². The summed E-state index contributed by atoms with van der Waals surface area (Å²) in [5.74, 6) is 0.842. The molecule has 0 aromatic rings. The van der Waals surface area contributed by atoms with Crippen LogP contribution in [-0.2, 0) is 14.3 Å². The van der Waals surface area contributed by atoms with E-state index < -0.39 is 0 Å². The highest BCUT2D eigenvalue weighted by atomic mass is 16.5. The molecule has 152 valence electrons. The van der Waals surface area contributed by atoms with Crippen molar-refractivity contribution in [1.82, 2.24) is 24.9 Å². The largest absolute Gasteiger partial charge is 0.378 e. The molecule has 9 heteroatoms. The van der Waals surface area contributed by atoms with Crippen LogP contribution in [0.25, 0.3) is 0 Å². The Morgan fingerprint density at radius 3 is 2.37 bits per heavy atom. The fourth-order valence-electron chi connectivity index (χ4n) is 2.94. The van der Waals surface area contributed by atoms with E-state index in [1.165, 1.54) is 4.90 Å². The number of piperazine rings is 1. The minimum atomic E-state index is -0.0392. The molecule has 0 bridgehead atoms. The summed E-state index contributed by atoms with van der Waals surface area (Å²) in [5, 5.41) is 3.22. The van der Waals surface area contributed by atoms with E-state index in [1.807, 2.05) is 4.90 Å². The van der Waals surface area contributed by atoms with Gasteiger partial charge in [-0.05, 0) is 0 Å². The first-order valence-corrected chi connectivity index (χ1v) is 9.43. The molecular weight excluding hydrogens is 348 g/mol. The van der Waals surface area contributed by atoms with Crippen LogP contribution >= 0.6 is 0 Å². The maximum absolute atomic E-state index is 12.4. The SMILES string of the molecule is C=CCNC(=NCC(=O)N(C)C)N1CCN(CC(=O)N2CCOCC2)CC1. The number of rotatable bonds is 6. The lowest BCUT2D eigenvalue weighted by Gasteiger charge is -2.37. The minimum absolute atomic E-state index is 0.0392. The number of nitrogens with one attached hydrogen (secondary N) is 1. The normalized spacial score (nSPS) is 19.0. The average Bonchev–Trinajstić information content (AvgIpc) is 2.69. The molecule has 0 aliphatic carbocycles. The Morgan fingerprint density at radius 2 is 1.78 bits per heavy atom. The van der Waals surface area contributed by atoms with E-state index in [0.29, 0.717) is 45.4 Å². The van der Waals surface area contributed by atoms with Crippen molar-refractivity contribution in [3.63, 3.8) is 0 Å². The summed E-state index contributed by atoms with van der Waals surface area (Å²) in [7, 11) is 3.44. The van der Waals surface area contributed by atoms with E-state index >= 15 is 0 Å². The van der Waals surface area contributed by atoms with Gasteiger partial charge in [-0.25, -0.2) is 4.99 Å². The minimum Gasteiger partial charge on any atom is -0.378 e. The highest BCUT2D eigenvalue weighted by molar-refractivity contribution is 5.85. The first kappa shape index (κ1) is 21.2. The molecule has 0 aromatic heterocycles. The van der Waals surface area contributed by atoms with Crippen LogP contribution in [0.2, 0.25) is 0 Å². The van der Waals surface area contributed by atoms with Gasteiger partial charge in [0, 0.05) is 59.9 Å². The number of amides is 2. The predicted octanol–water partition coefficient (Wildman–Crippen LogP) is -1.32. The number of morpholine rings is 1. The highest BCUT2D eigenvalue weighted by Crippen LogP contribution is 2.05. The molecule has 0 atom stereocenters. The van der Waals surface area contributed by atoms with E-state index in [0.717, 1.165) is 26.2 Å².